The fourth-order valence-corrected chi connectivity index (χ4v) is 3.22. The average Bonchev–Trinajstić information content (AvgIpc) is 3.11. The molecule has 0 amide bonds. The third kappa shape index (κ3) is 2.82. The Kier molecular flexibility index (Phi) is 3.46. The van der Waals surface area contributed by atoms with E-state index in [-0.39, 0.29) is 17.0 Å². The van der Waals surface area contributed by atoms with Gasteiger partial charge >= 0.3 is 6.18 Å². The summed E-state index contributed by atoms with van der Waals surface area (Å²) >= 11 is 1.29. The summed E-state index contributed by atoms with van der Waals surface area (Å²) in [7, 11) is 0. The van der Waals surface area contributed by atoms with Gasteiger partial charge in [-0.25, -0.2) is 4.98 Å². The molecule has 2 N–H and O–H groups in total. The maximum Gasteiger partial charge on any atom is 0.416 e. The standard InChI is InChI=1S/C16H9F3N4OS/c17-16(18,19)8-5-6-10-9(7-8)13(14(24)20-10)22-23-15-21-11-3-1-2-4-12(11)25-15/h1-7,20,24H. The number of alkyl halides is 3. The topological polar surface area (TPSA) is 73.6 Å². The van der Waals surface area contributed by atoms with Crippen molar-refractivity contribution in [2.24, 2.45) is 10.2 Å². The van der Waals surface area contributed by atoms with Gasteiger partial charge in [-0.05, 0) is 30.3 Å². The lowest BCUT2D eigenvalue weighted by atomic mass is 10.1. The van der Waals surface area contributed by atoms with Crippen molar-refractivity contribution >= 4 is 43.3 Å². The van der Waals surface area contributed by atoms with Crippen molar-refractivity contribution in [3.8, 4) is 5.88 Å². The Balaban J connectivity index is 1.78. The van der Waals surface area contributed by atoms with E-state index in [4.69, 9.17) is 0 Å². The highest BCUT2D eigenvalue weighted by molar-refractivity contribution is 7.21. The Morgan fingerprint density at radius 1 is 1.08 bits per heavy atom. The van der Waals surface area contributed by atoms with Crippen LogP contribution in [0.4, 0.5) is 24.0 Å². The third-order valence-electron chi connectivity index (χ3n) is 3.60. The van der Waals surface area contributed by atoms with Gasteiger partial charge in [-0.15, -0.1) is 10.2 Å². The molecule has 0 bridgehead atoms. The number of hydrogen-bond acceptors (Lipinski definition) is 5. The van der Waals surface area contributed by atoms with Crippen LogP contribution < -0.4 is 0 Å². The van der Waals surface area contributed by atoms with Gasteiger partial charge in [-0.2, -0.15) is 13.2 Å². The molecule has 25 heavy (non-hydrogen) atoms. The van der Waals surface area contributed by atoms with Crippen LogP contribution in [-0.2, 0) is 6.18 Å². The Morgan fingerprint density at radius 3 is 2.64 bits per heavy atom. The second-order valence-electron chi connectivity index (χ2n) is 5.24. The summed E-state index contributed by atoms with van der Waals surface area (Å²) < 4.78 is 39.6. The molecule has 9 heteroatoms. The van der Waals surface area contributed by atoms with Crippen molar-refractivity contribution in [2.45, 2.75) is 6.18 Å². The number of thiazole rings is 1. The van der Waals surface area contributed by atoms with Gasteiger partial charge in [0.1, 0.15) is 0 Å². The van der Waals surface area contributed by atoms with Crippen LogP contribution in [0, 0.1) is 0 Å². The van der Waals surface area contributed by atoms with Crippen molar-refractivity contribution in [3.05, 3.63) is 48.0 Å². The van der Waals surface area contributed by atoms with Crippen LogP contribution in [0.3, 0.4) is 0 Å². The first-order valence-corrected chi connectivity index (χ1v) is 7.93. The number of aromatic nitrogens is 2. The molecule has 2 aromatic carbocycles. The van der Waals surface area contributed by atoms with Gasteiger partial charge < -0.3 is 10.1 Å². The number of nitrogens with one attached hydrogen (secondary N) is 1. The van der Waals surface area contributed by atoms with Crippen LogP contribution in [0.2, 0.25) is 0 Å². The van der Waals surface area contributed by atoms with E-state index in [2.05, 4.69) is 20.2 Å². The summed E-state index contributed by atoms with van der Waals surface area (Å²) in [6, 6.07) is 10.5. The van der Waals surface area contributed by atoms with Crippen LogP contribution in [0.25, 0.3) is 21.1 Å². The van der Waals surface area contributed by atoms with E-state index in [1.807, 2.05) is 24.3 Å². The number of nitrogens with zero attached hydrogens (tertiary/aromatic N) is 3. The summed E-state index contributed by atoms with van der Waals surface area (Å²) in [5.74, 6) is -0.348. The van der Waals surface area contributed by atoms with E-state index in [0.29, 0.717) is 10.6 Å². The predicted molar refractivity (Wildman–Crippen MR) is 88.8 cm³/mol. The van der Waals surface area contributed by atoms with Gasteiger partial charge in [0.05, 0.1) is 21.3 Å². The maximum atomic E-state index is 12.9. The lowest BCUT2D eigenvalue weighted by molar-refractivity contribution is -0.137. The number of H-pyrrole nitrogens is 1. The van der Waals surface area contributed by atoms with E-state index >= 15 is 0 Å². The molecular formula is C16H9F3N4OS. The highest BCUT2D eigenvalue weighted by Gasteiger charge is 2.31. The average molecular weight is 362 g/mol. The van der Waals surface area contributed by atoms with Crippen LogP contribution in [0.1, 0.15) is 5.56 Å². The van der Waals surface area contributed by atoms with Crippen LogP contribution in [0.15, 0.2) is 52.7 Å². The van der Waals surface area contributed by atoms with E-state index < -0.39 is 11.7 Å². The zero-order valence-corrected chi connectivity index (χ0v) is 13.2. The first kappa shape index (κ1) is 15.6. The molecule has 126 valence electrons. The van der Waals surface area contributed by atoms with Crippen molar-refractivity contribution in [1.82, 2.24) is 9.97 Å². The summed E-state index contributed by atoms with van der Waals surface area (Å²) in [6.07, 6.45) is -4.48. The van der Waals surface area contributed by atoms with Gasteiger partial charge in [0.2, 0.25) is 11.0 Å². The summed E-state index contributed by atoms with van der Waals surface area (Å²) in [6.45, 7) is 0. The molecule has 2 aromatic heterocycles. The number of fused-ring (bicyclic) bond motifs is 2. The third-order valence-corrected chi connectivity index (χ3v) is 4.52. The highest BCUT2D eigenvalue weighted by atomic mass is 32.1. The normalized spacial score (nSPS) is 12.6. The molecule has 4 aromatic rings. The molecular weight excluding hydrogens is 353 g/mol. The minimum Gasteiger partial charge on any atom is -0.493 e. The number of halogens is 3. The smallest absolute Gasteiger partial charge is 0.416 e. The Hall–Kier alpha value is -2.94. The largest absolute Gasteiger partial charge is 0.493 e. The molecule has 0 fully saturated rings. The fraction of sp³-hybridized carbons (Fsp3) is 0.0625. The molecule has 0 spiro atoms. The number of benzene rings is 2. The number of hydrogen-bond donors (Lipinski definition) is 2. The molecule has 0 aliphatic rings. The number of aromatic hydroxyl groups is 1. The van der Waals surface area contributed by atoms with Crippen molar-refractivity contribution in [2.75, 3.05) is 0 Å². The zero-order chi connectivity index (χ0) is 17.6. The second kappa shape index (κ2) is 5.55. The first-order valence-electron chi connectivity index (χ1n) is 7.11. The van der Waals surface area contributed by atoms with E-state index in [0.717, 1.165) is 22.3 Å². The van der Waals surface area contributed by atoms with Crippen LogP contribution >= 0.6 is 11.3 Å². The molecule has 0 unspecified atom stereocenters. The Morgan fingerprint density at radius 2 is 1.88 bits per heavy atom. The second-order valence-corrected chi connectivity index (χ2v) is 6.25. The molecule has 0 aliphatic heterocycles. The van der Waals surface area contributed by atoms with Gasteiger partial charge in [0.25, 0.3) is 0 Å². The lowest BCUT2D eigenvalue weighted by Crippen LogP contribution is -2.03. The molecule has 0 saturated heterocycles. The number of para-hydroxylation sites is 1. The molecule has 4 rings (SSSR count). The van der Waals surface area contributed by atoms with E-state index in [9.17, 15) is 18.3 Å². The van der Waals surface area contributed by atoms with Gasteiger partial charge in [0.15, 0.2) is 5.69 Å². The summed E-state index contributed by atoms with van der Waals surface area (Å²) in [4.78, 5) is 6.85. The Bertz CT molecular complexity index is 1080. The van der Waals surface area contributed by atoms with Crippen molar-refractivity contribution < 1.29 is 18.3 Å². The maximum absolute atomic E-state index is 12.9. The quantitative estimate of drug-likeness (QED) is 0.435. The lowest BCUT2D eigenvalue weighted by Gasteiger charge is -2.05. The Labute approximate surface area is 142 Å². The number of rotatable bonds is 2. The van der Waals surface area contributed by atoms with Gasteiger partial charge in [-0.3, -0.25) is 0 Å². The summed E-state index contributed by atoms with van der Waals surface area (Å²) in [5.41, 5.74) is 0.212. The highest BCUT2D eigenvalue weighted by Crippen LogP contribution is 2.40. The SMILES string of the molecule is Oc1[nH]c2ccc(C(F)(F)F)cc2c1N=Nc1nc2ccccc2s1. The molecule has 0 atom stereocenters. The number of azo groups is 1. The molecule has 5 nitrogen and oxygen atoms in total. The molecule has 0 saturated carbocycles. The van der Waals surface area contributed by atoms with Crippen LogP contribution in [0.5, 0.6) is 5.88 Å². The molecule has 2 heterocycles. The van der Waals surface area contributed by atoms with Gasteiger partial charge in [-0.1, -0.05) is 23.5 Å². The summed E-state index contributed by atoms with van der Waals surface area (Å²) in [5, 5.41) is 18.3. The zero-order valence-electron chi connectivity index (χ0n) is 12.4. The van der Waals surface area contributed by atoms with Crippen molar-refractivity contribution in [1.29, 1.82) is 0 Å². The first-order chi connectivity index (χ1) is 11.9. The van der Waals surface area contributed by atoms with E-state index in [1.54, 1.807) is 0 Å². The van der Waals surface area contributed by atoms with Gasteiger partial charge in [0, 0.05) is 5.39 Å². The van der Waals surface area contributed by atoms with Crippen LogP contribution in [-0.4, -0.2) is 15.1 Å². The minimum atomic E-state index is -4.48. The van der Waals surface area contributed by atoms with E-state index in [1.165, 1.54) is 17.4 Å². The number of aromatic amines is 1. The monoisotopic (exact) mass is 362 g/mol. The minimum absolute atomic E-state index is 0.0552. The predicted octanol–water partition coefficient (Wildman–Crippen LogP) is 5.92. The fourth-order valence-electron chi connectivity index (χ4n) is 2.44. The molecule has 0 aliphatic carbocycles. The van der Waals surface area contributed by atoms with Crippen molar-refractivity contribution in [3.63, 3.8) is 0 Å². The molecule has 0 radical (unpaired) electrons.